The Morgan fingerprint density at radius 1 is 1.32 bits per heavy atom. The molecule has 1 aromatic carbocycles. The van der Waals surface area contributed by atoms with Crippen molar-refractivity contribution >= 4 is 21.6 Å². The number of nitrogens with zero attached hydrogens (tertiary/aromatic N) is 1. The van der Waals surface area contributed by atoms with Crippen LogP contribution in [0.5, 0.6) is 0 Å². The summed E-state index contributed by atoms with van der Waals surface area (Å²) in [6.07, 6.45) is 5.95. The molecule has 2 N–H and O–H groups in total. The van der Waals surface area contributed by atoms with E-state index in [0.29, 0.717) is 0 Å². The SMILES string of the molecule is CN(Cc1ccc(N)cc1Br)CC1CC2CCC1C2. The fraction of sp³-hybridized carbons (Fsp3) is 0.625. The summed E-state index contributed by atoms with van der Waals surface area (Å²) in [7, 11) is 2.24. The summed E-state index contributed by atoms with van der Waals surface area (Å²) in [5, 5.41) is 0. The van der Waals surface area contributed by atoms with Crippen molar-refractivity contribution in [3.05, 3.63) is 28.2 Å². The van der Waals surface area contributed by atoms with E-state index in [4.69, 9.17) is 5.73 Å². The highest BCUT2D eigenvalue weighted by atomic mass is 79.9. The largest absolute Gasteiger partial charge is 0.399 e. The van der Waals surface area contributed by atoms with Crippen molar-refractivity contribution in [1.82, 2.24) is 4.90 Å². The molecule has 0 radical (unpaired) electrons. The van der Waals surface area contributed by atoms with Crippen LogP contribution >= 0.6 is 15.9 Å². The van der Waals surface area contributed by atoms with Crippen LogP contribution in [0.25, 0.3) is 0 Å². The first-order valence-electron chi connectivity index (χ1n) is 7.34. The molecule has 2 bridgehead atoms. The van der Waals surface area contributed by atoms with Crippen molar-refractivity contribution < 1.29 is 0 Å². The zero-order valence-electron chi connectivity index (χ0n) is 11.6. The molecule has 0 heterocycles. The molecule has 0 aliphatic heterocycles. The third-order valence-electron chi connectivity index (χ3n) is 4.95. The van der Waals surface area contributed by atoms with Gasteiger partial charge in [-0.25, -0.2) is 0 Å². The van der Waals surface area contributed by atoms with Gasteiger partial charge in [0, 0.05) is 23.2 Å². The van der Waals surface area contributed by atoms with E-state index in [-0.39, 0.29) is 0 Å². The number of fused-ring (bicyclic) bond motifs is 2. The highest BCUT2D eigenvalue weighted by molar-refractivity contribution is 9.10. The van der Waals surface area contributed by atoms with Gasteiger partial charge in [-0.1, -0.05) is 28.4 Å². The van der Waals surface area contributed by atoms with Crippen LogP contribution in [0, 0.1) is 17.8 Å². The van der Waals surface area contributed by atoms with Crippen molar-refractivity contribution in [1.29, 1.82) is 0 Å². The van der Waals surface area contributed by atoms with E-state index in [9.17, 15) is 0 Å². The van der Waals surface area contributed by atoms with Crippen molar-refractivity contribution in [3.8, 4) is 0 Å². The van der Waals surface area contributed by atoms with Crippen LogP contribution in [0.3, 0.4) is 0 Å². The van der Waals surface area contributed by atoms with Gasteiger partial charge < -0.3 is 10.6 Å². The summed E-state index contributed by atoms with van der Waals surface area (Å²) < 4.78 is 1.13. The minimum Gasteiger partial charge on any atom is -0.399 e. The Balaban J connectivity index is 1.57. The maximum atomic E-state index is 5.79. The Bertz CT molecular complexity index is 460. The molecular weight excluding hydrogens is 300 g/mol. The van der Waals surface area contributed by atoms with Crippen molar-refractivity contribution in [2.45, 2.75) is 32.2 Å². The number of anilines is 1. The van der Waals surface area contributed by atoms with Crippen LogP contribution in [-0.2, 0) is 6.54 Å². The van der Waals surface area contributed by atoms with Crippen LogP contribution in [0.15, 0.2) is 22.7 Å². The van der Waals surface area contributed by atoms with Crippen LogP contribution in [0.2, 0.25) is 0 Å². The molecule has 0 aromatic heterocycles. The summed E-state index contributed by atoms with van der Waals surface area (Å²) in [6.45, 7) is 2.26. The van der Waals surface area contributed by atoms with Gasteiger partial charge in [-0.05, 0) is 61.8 Å². The molecule has 3 unspecified atom stereocenters. The van der Waals surface area contributed by atoms with Crippen molar-refractivity contribution in [2.75, 3.05) is 19.3 Å². The normalized spacial score (nSPS) is 29.3. The molecule has 0 spiro atoms. The third kappa shape index (κ3) is 2.97. The first-order valence-corrected chi connectivity index (χ1v) is 8.13. The van der Waals surface area contributed by atoms with E-state index in [2.05, 4.69) is 33.9 Å². The highest BCUT2D eigenvalue weighted by Gasteiger charge is 2.39. The standard InChI is InChI=1S/C16H23BrN2/c1-19(9-13-4-5-15(18)8-16(13)17)10-14-7-11-2-3-12(14)6-11/h4-5,8,11-12,14H,2-3,6-7,9-10,18H2,1H3. The van der Waals surface area contributed by atoms with Gasteiger partial charge in [-0.15, -0.1) is 0 Å². The fourth-order valence-corrected chi connectivity index (χ4v) is 4.57. The summed E-state index contributed by atoms with van der Waals surface area (Å²) in [5.41, 5.74) is 7.95. The summed E-state index contributed by atoms with van der Waals surface area (Å²) >= 11 is 3.61. The maximum Gasteiger partial charge on any atom is 0.0325 e. The fourth-order valence-electron chi connectivity index (χ4n) is 4.05. The predicted octanol–water partition coefficient (Wildman–Crippen LogP) is 3.90. The molecule has 0 amide bonds. The Morgan fingerprint density at radius 2 is 2.16 bits per heavy atom. The Hall–Kier alpha value is -0.540. The van der Waals surface area contributed by atoms with Gasteiger partial charge in [0.05, 0.1) is 0 Å². The van der Waals surface area contributed by atoms with Crippen molar-refractivity contribution in [3.63, 3.8) is 0 Å². The second kappa shape index (κ2) is 5.45. The lowest BCUT2D eigenvalue weighted by atomic mass is 9.88. The average Bonchev–Trinajstić information content (AvgIpc) is 2.95. The number of hydrogen-bond donors (Lipinski definition) is 1. The Labute approximate surface area is 124 Å². The topological polar surface area (TPSA) is 29.3 Å². The van der Waals surface area contributed by atoms with E-state index in [0.717, 1.165) is 34.5 Å². The second-order valence-corrected chi connectivity index (χ2v) is 7.34. The molecule has 2 saturated carbocycles. The smallest absolute Gasteiger partial charge is 0.0325 e. The molecule has 19 heavy (non-hydrogen) atoms. The van der Waals surface area contributed by atoms with Crippen molar-refractivity contribution in [2.24, 2.45) is 17.8 Å². The lowest BCUT2D eigenvalue weighted by Crippen LogP contribution is -2.28. The molecule has 0 saturated heterocycles. The first kappa shape index (κ1) is 13.4. The lowest BCUT2D eigenvalue weighted by Gasteiger charge is -2.27. The third-order valence-corrected chi connectivity index (χ3v) is 5.69. The Kier molecular flexibility index (Phi) is 3.86. The van der Waals surface area contributed by atoms with Crippen LogP contribution < -0.4 is 5.73 Å². The molecule has 104 valence electrons. The Morgan fingerprint density at radius 3 is 2.79 bits per heavy atom. The van der Waals surface area contributed by atoms with Crippen LogP contribution in [0.4, 0.5) is 5.69 Å². The van der Waals surface area contributed by atoms with Gasteiger partial charge in [0.15, 0.2) is 0 Å². The van der Waals surface area contributed by atoms with Gasteiger partial charge in [-0.3, -0.25) is 0 Å². The molecule has 2 fully saturated rings. The van der Waals surface area contributed by atoms with Gasteiger partial charge >= 0.3 is 0 Å². The van der Waals surface area contributed by atoms with Gasteiger partial charge in [0.1, 0.15) is 0 Å². The summed E-state index contributed by atoms with van der Waals surface area (Å²) in [4.78, 5) is 2.47. The quantitative estimate of drug-likeness (QED) is 0.852. The number of benzene rings is 1. The zero-order valence-corrected chi connectivity index (χ0v) is 13.2. The van der Waals surface area contributed by atoms with E-state index in [1.807, 2.05) is 12.1 Å². The van der Waals surface area contributed by atoms with Gasteiger partial charge in [-0.2, -0.15) is 0 Å². The number of nitrogens with two attached hydrogens (primary N) is 1. The van der Waals surface area contributed by atoms with Crippen LogP contribution in [-0.4, -0.2) is 18.5 Å². The van der Waals surface area contributed by atoms with E-state index < -0.39 is 0 Å². The minimum absolute atomic E-state index is 0.825. The zero-order chi connectivity index (χ0) is 13.4. The molecule has 1 aromatic rings. The van der Waals surface area contributed by atoms with Gasteiger partial charge in [0.25, 0.3) is 0 Å². The molecule has 3 heteroatoms. The average molecular weight is 323 g/mol. The minimum atomic E-state index is 0.825. The van der Waals surface area contributed by atoms with Crippen LogP contribution in [0.1, 0.15) is 31.2 Å². The molecule has 2 nitrogen and oxygen atoms in total. The predicted molar refractivity (Wildman–Crippen MR) is 83.8 cm³/mol. The summed E-state index contributed by atoms with van der Waals surface area (Å²) in [6, 6.07) is 6.13. The molecule has 2 aliphatic rings. The molecule has 3 rings (SSSR count). The molecule has 2 aliphatic carbocycles. The van der Waals surface area contributed by atoms with E-state index in [1.54, 1.807) is 0 Å². The lowest BCUT2D eigenvalue weighted by molar-refractivity contribution is 0.214. The monoisotopic (exact) mass is 322 g/mol. The first-order chi connectivity index (χ1) is 9.11. The molecule has 3 atom stereocenters. The number of hydrogen-bond acceptors (Lipinski definition) is 2. The number of nitrogen functional groups attached to an aromatic ring is 1. The maximum absolute atomic E-state index is 5.79. The van der Waals surface area contributed by atoms with E-state index >= 15 is 0 Å². The summed E-state index contributed by atoms with van der Waals surface area (Å²) in [5.74, 6) is 3.00. The second-order valence-electron chi connectivity index (χ2n) is 6.48. The number of rotatable bonds is 4. The van der Waals surface area contributed by atoms with Gasteiger partial charge in [0.2, 0.25) is 0 Å². The highest BCUT2D eigenvalue weighted by Crippen LogP contribution is 2.48. The van der Waals surface area contributed by atoms with E-state index in [1.165, 1.54) is 37.8 Å². The molecular formula is C16H23BrN2. The number of halogens is 1.